The largest absolute Gasteiger partial charge is 0.352 e. The van der Waals surface area contributed by atoms with Crippen LogP contribution in [0.1, 0.15) is 82.9 Å². The van der Waals surface area contributed by atoms with Crippen LogP contribution in [-0.4, -0.2) is 28.8 Å². The summed E-state index contributed by atoms with van der Waals surface area (Å²) in [5, 5.41) is 4.08. The Hall–Kier alpha value is -2.04. The molecule has 6 heteroatoms. The Labute approximate surface area is 220 Å². The lowest BCUT2D eigenvalue weighted by molar-refractivity contribution is -0.141. The van der Waals surface area contributed by atoms with Crippen LogP contribution < -0.4 is 5.32 Å². The van der Waals surface area contributed by atoms with Gasteiger partial charge in [-0.15, -0.1) is 0 Å². The fraction of sp³-hybridized carbons (Fsp3) is 0.517. The molecule has 3 rings (SSSR count). The summed E-state index contributed by atoms with van der Waals surface area (Å²) in [5.74, 6) is -0.151. The zero-order valence-electron chi connectivity index (χ0n) is 21.4. The Morgan fingerprint density at radius 1 is 0.971 bits per heavy atom. The molecule has 1 N–H and O–H groups in total. The standard InChI is InChI=1S/C29H38Cl2N2O2/c1-20(28(35)32-24-8-6-5-7-9-24)33(19-22-12-16-25(30)26(31)18-22)27(34)17-13-21-10-14-23(15-11-21)29(2,3)4/h10-12,14-16,18,20,24H,5-9,13,17,19H2,1-4H3,(H,32,35)/t20-/m1/s1. The van der Waals surface area contributed by atoms with Gasteiger partial charge in [-0.3, -0.25) is 9.59 Å². The van der Waals surface area contributed by atoms with E-state index in [0.717, 1.165) is 36.8 Å². The number of nitrogens with one attached hydrogen (secondary N) is 1. The van der Waals surface area contributed by atoms with Crippen molar-refractivity contribution in [2.24, 2.45) is 0 Å². The van der Waals surface area contributed by atoms with Crippen molar-refractivity contribution in [2.75, 3.05) is 0 Å². The zero-order valence-corrected chi connectivity index (χ0v) is 22.9. The average molecular weight is 518 g/mol. The van der Waals surface area contributed by atoms with Crippen molar-refractivity contribution in [2.45, 2.75) is 96.7 Å². The third-order valence-electron chi connectivity index (χ3n) is 6.90. The van der Waals surface area contributed by atoms with Crippen LogP contribution in [0.4, 0.5) is 0 Å². The van der Waals surface area contributed by atoms with Crippen LogP contribution in [0.25, 0.3) is 0 Å². The summed E-state index contributed by atoms with van der Waals surface area (Å²) in [6, 6.07) is 13.4. The molecule has 0 aromatic heterocycles. The van der Waals surface area contributed by atoms with Crippen LogP contribution in [0.3, 0.4) is 0 Å². The summed E-state index contributed by atoms with van der Waals surface area (Å²) in [6.07, 6.45) is 6.46. The monoisotopic (exact) mass is 516 g/mol. The van der Waals surface area contributed by atoms with Crippen molar-refractivity contribution in [1.82, 2.24) is 10.2 Å². The molecule has 2 aromatic carbocycles. The number of benzene rings is 2. The van der Waals surface area contributed by atoms with Crippen LogP contribution in [0.15, 0.2) is 42.5 Å². The van der Waals surface area contributed by atoms with Crippen molar-refractivity contribution in [3.8, 4) is 0 Å². The van der Waals surface area contributed by atoms with Crippen LogP contribution in [0.2, 0.25) is 10.0 Å². The lowest BCUT2D eigenvalue weighted by Crippen LogP contribution is -2.50. The highest BCUT2D eigenvalue weighted by Gasteiger charge is 2.28. The van der Waals surface area contributed by atoms with Gasteiger partial charge in [-0.2, -0.15) is 0 Å². The molecule has 0 aliphatic heterocycles. The lowest BCUT2D eigenvalue weighted by Gasteiger charge is -2.31. The number of amides is 2. The third-order valence-corrected chi connectivity index (χ3v) is 7.64. The second kappa shape index (κ2) is 12.3. The lowest BCUT2D eigenvalue weighted by atomic mass is 9.86. The highest BCUT2D eigenvalue weighted by molar-refractivity contribution is 6.42. The molecule has 1 fully saturated rings. The molecule has 190 valence electrons. The van der Waals surface area contributed by atoms with E-state index in [2.05, 4.69) is 50.4 Å². The molecule has 1 aliphatic carbocycles. The number of rotatable bonds is 8. The number of carbonyl (C=O) groups is 2. The Kier molecular flexibility index (Phi) is 9.66. The van der Waals surface area contributed by atoms with E-state index in [4.69, 9.17) is 23.2 Å². The van der Waals surface area contributed by atoms with E-state index in [1.165, 1.54) is 12.0 Å². The normalized spacial score (nSPS) is 15.5. The maximum absolute atomic E-state index is 13.4. The predicted octanol–water partition coefficient (Wildman–Crippen LogP) is 7.09. The molecule has 0 heterocycles. The molecule has 1 aliphatic rings. The van der Waals surface area contributed by atoms with Gasteiger partial charge in [-0.05, 0) is 60.4 Å². The van der Waals surface area contributed by atoms with Crippen molar-refractivity contribution in [3.05, 3.63) is 69.2 Å². The van der Waals surface area contributed by atoms with Gasteiger partial charge in [-0.1, -0.05) is 93.6 Å². The molecule has 2 aromatic rings. The minimum atomic E-state index is -0.581. The molecule has 4 nitrogen and oxygen atoms in total. The summed E-state index contributed by atoms with van der Waals surface area (Å²) >= 11 is 12.3. The second-order valence-electron chi connectivity index (χ2n) is 10.7. The minimum Gasteiger partial charge on any atom is -0.352 e. The van der Waals surface area contributed by atoms with E-state index in [9.17, 15) is 9.59 Å². The van der Waals surface area contributed by atoms with Gasteiger partial charge in [0, 0.05) is 19.0 Å². The van der Waals surface area contributed by atoms with Crippen LogP contribution in [0, 0.1) is 0 Å². The molecule has 0 bridgehead atoms. The molecular formula is C29H38Cl2N2O2. The summed E-state index contributed by atoms with van der Waals surface area (Å²) in [5.41, 5.74) is 3.31. The van der Waals surface area contributed by atoms with Crippen LogP contribution in [0.5, 0.6) is 0 Å². The first-order chi connectivity index (χ1) is 16.5. The minimum absolute atomic E-state index is 0.0535. The van der Waals surface area contributed by atoms with Crippen LogP contribution in [-0.2, 0) is 28.0 Å². The van der Waals surface area contributed by atoms with Gasteiger partial charge in [0.05, 0.1) is 10.0 Å². The molecule has 1 atom stereocenters. The van der Waals surface area contributed by atoms with Gasteiger partial charge in [-0.25, -0.2) is 0 Å². The van der Waals surface area contributed by atoms with Gasteiger partial charge in [0.15, 0.2) is 0 Å². The highest BCUT2D eigenvalue weighted by atomic mass is 35.5. The number of aryl methyl sites for hydroxylation is 1. The molecule has 1 saturated carbocycles. The van der Waals surface area contributed by atoms with Gasteiger partial charge in [0.25, 0.3) is 0 Å². The van der Waals surface area contributed by atoms with E-state index in [1.54, 1.807) is 17.0 Å². The molecule has 2 amide bonds. The maximum atomic E-state index is 13.4. The Bertz CT molecular complexity index is 1010. The molecular weight excluding hydrogens is 479 g/mol. The Balaban J connectivity index is 1.72. The number of carbonyl (C=O) groups excluding carboxylic acids is 2. The van der Waals surface area contributed by atoms with Gasteiger partial charge in [0.1, 0.15) is 6.04 Å². The van der Waals surface area contributed by atoms with E-state index in [-0.39, 0.29) is 23.3 Å². The fourth-order valence-corrected chi connectivity index (χ4v) is 4.87. The third kappa shape index (κ3) is 7.98. The van der Waals surface area contributed by atoms with E-state index in [1.807, 2.05) is 13.0 Å². The summed E-state index contributed by atoms with van der Waals surface area (Å²) < 4.78 is 0. The van der Waals surface area contributed by atoms with Crippen LogP contribution >= 0.6 is 23.2 Å². The first-order valence-electron chi connectivity index (χ1n) is 12.7. The quantitative estimate of drug-likeness (QED) is 0.407. The fourth-order valence-electron chi connectivity index (χ4n) is 4.55. The topological polar surface area (TPSA) is 49.4 Å². The summed E-state index contributed by atoms with van der Waals surface area (Å²) in [7, 11) is 0. The SMILES string of the molecule is C[C@H](C(=O)NC1CCCCC1)N(Cc1ccc(Cl)c(Cl)c1)C(=O)CCc1ccc(C(C)(C)C)cc1. The molecule has 0 unspecified atom stereocenters. The zero-order chi connectivity index (χ0) is 25.6. The highest BCUT2D eigenvalue weighted by Crippen LogP contribution is 2.25. The smallest absolute Gasteiger partial charge is 0.242 e. The molecule has 0 spiro atoms. The van der Waals surface area contributed by atoms with Gasteiger partial charge >= 0.3 is 0 Å². The second-order valence-corrected chi connectivity index (χ2v) is 11.6. The van der Waals surface area contributed by atoms with Gasteiger partial charge in [0.2, 0.25) is 11.8 Å². The molecule has 35 heavy (non-hydrogen) atoms. The predicted molar refractivity (Wildman–Crippen MR) is 145 cm³/mol. The van der Waals surface area contributed by atoms with Crippen molar-refractivity contribution in [3.63, 3.8) is 0 Å². The molecule has 0 saturated heterocycles. The summed E-state index contributed by atoms with van der Waals surface area (Å²) in [4.78, 5) is 28.2. The Morgan fingerprint density at radius 2 is 1.60 bits per heavy atom. The molecule has 0 radical (unpaired) electrons. The van der Waals surface area contributed by atoms with E-state index < -0.39 is 6.04 Å². The maximum Gasteiger partial charge on any atom is 0.242 e. The van der Waals surface area contributed by atoms with Crippen molar-refractivity contribution in [1.29, 1.82) is 0 Å². The summed E-state index contributed by atoms with van der Waals surface area (Å²) in [6.45, 7) is 8.67. The van der Waals surface area contributed by atoms with E-state index in [0.29, 0.717) is 29.4 Å². The number of hydrogen-bond donors (Lipinski definition) is 1. The Morgan fingerprint density at radius 3 is 2.20 bits per heavy atom. The van der Waals surface area contributed by atoms with Gasteiger partial charge < -0.3 is 10.2 Å². The first-order valence-corrected chi connectivity index (χ1v) is 13.4. The number of nitrogens with zero attached hydrogens (tertiary/aromatic N) is 1. The van der Waals surface area contributed by atoms with E-state index >= 15 is 0 Å². The van der Waals surface area contributed by atoms with Crippen molar-refractivity contribution >= 4 is 35.0 Å². The number of halogens is 2. The van der Waals surface area contributed by atoms with Crippen molar-refractivity contribution < 1.29 is 9.59 Å². The number of hydrogen-bond acceptors (Lipinski definition) is 2. The average Bonchev–Trinajstić information content (AvgIpc) is 2.83. The first kappa shape index (κ1) is 27.5.